The van der Waals surface area contributed by atoms with Crippen LogP contribution in [0.25, 0.3) is 21.7 Å². The Hall–Kier alpha value is -2.60. The van der Waals surface area contributed by atoms with E-state index in [1.54, 1.807) is 0 Å². The SMILES string of the molecule is N#Cc1cccc2c1ccc1c3c(cnc12)C1(CCCC1)CO3. The average molecular weight is 300 g/mol. The van der Waals surface area contributed by atoms with Crippen molar-refractivity contribution in [3.8, 4) is 11.8 Å². The van der Waals surface area contributed by atoms with Gasteiger partial charge in [-0.05, 0) is 25.0 Å². The van der Waals surface area contributed by atoms with Gasteiger partial charge < -0.3 is 4.74 Å². The van der Waals surface area contributed by atoms with E-state index < -0.39 is 0 Å². The molecule has 1 aliphatic carbocycles. The van der Waals surface area contributed by atoms with Gasteiger partial charge in [-0.25, -0.2) is 0 Å². The fourth-order valence-electron chi connectivity index (χ4n) is 4.38. The van der Waals surface area contributed by atoms with Gasteiger partial charge in [-0.15, -0.1) is 0 Å². The lowest BCUT2D eigenvalue weighted by atomic mass is 9.81. The van der Waals surface area contributed by atoms with E-state index in [0.29, 0.717) is 5.56 Å². The highest BCUT2D eigenvalue weighted by atomic mass is 16.5. The van der Waals surface area contributed by atoms with Gasteiger partial charge in [0.05, 0.1) is 23.8 Å². The molecule has 0 saturated heterocycles. The Bertz CT molecular complexity index is 994. The highest BCUT2D eigenvalue weighted by Gasteiger charge is 2.43. The van der Waals surface area contributed by atoms with E-state index in [2.05, 4.69) is 12.1 Å². The molecule has 1 fully saturated rings. The first-order valence-electron chi connectivity index (χ1n) is 8.20. The van der Waals surface area contributed by atoms with Crippen molar-refractivity contribution in [3.63, 3.8) is 0 Å². The molecule has 1 aromatic heterocycles. The minimum absolute atomic E-state index is 0.194. The summed E-state index contributed by atoms with van der Waals surface area (Å²) in [6.45, 7) is 0.791. The normalized spacial score (nSPS) is 18.2. The Labute approximate surface area is 134 Å². The number of nitriles is 1. The number of benzene rings is 2. The van der Waals surface area contributed by atoms with Gasteiger partial charge in [-0.3, -0.25) is 4.98 Å². The van der Waals surface area contributed by atoms with Crippen molar-refractivity contribution in [2.75, 3.05) is 6.61 Å². The van der Waals surface area contributed by atoms with E-state index >= 15 is 0 Å². The third-order valence-electron chi connectivity index (χ3n) is 5.59. The predicted molar refractivity (Wildman–Crippen MR) is 89.6 cm³/mol. The zero-order valence-corrected chi connectivity index (χ0v) is 12.8. The molecule has 2 aromatic carbocycles. The van der Waals surface area contributed by atoms with Crippen molar-refractivity contribution >= 4 is 21.7 Å². The number of nitrogens with zero attached hydrogens (tertiary/aromatic N) is 2. The Morgan fingerprint density at radius 2 is 1.87 bits per heavy atom. The third-order valence-corrected chi connectivity index (χ3v) is 5.59. The van der Waals surface area contributed by atoms with E-state index in [1.807, 2.05) is 30.5 Å². The molecule has 1 spiro atoms. The molecule has 5 rings (SSSR count). The molecule has 2 heterocycles. The van der Waals surface area contributed by atoms with E-state index in [9.17, 15) is 5.26 Å². The Kier molecular flexibility index (Phi) is 2.50. The lowest BCUT2D eigenvalue weighted by Crippen LogP contribution is -2.23. The van der Waals surface area contributed by atoms with Crippen LogP contribution < -0.4 is 4.74 Å². The Balaban J connectivity index is 1.84. The largest absolute Gasteiger partial charge is 0.492 e. The molecule has 0 N–H and O–H groups in total. The van der Waals surface area contributed by atoms with Crippen molar-refractivity contribution in [3.05, 3.63) is 47.7 Å². The van der Waals surface area contributed by atoms with Crippen LogP contribution in [0.4, 0.5) is 0 Å². The summed E-state index contributed by atoms with van der Waals surface area (Å²) < 4.78 is 6.15. The van der Waals surface area contributed by atoms with Crippen LogP contribution in [0.2, 0.25) is 0 Å². The summed E-state index contributed by atoms with van der Waals surface area (Å²) in [6.07, 6.45) is 7.00. The van der Waals surface area contributed by atoms with Crippen LogP contribution in [0.15, 0.2) is 36.5 Å². The number of hydrogen-bond donors (Lipinski definition) is 0. The summed E-state index contributed by atoms with van der Waals surface area (Å²) in [6, 6.07) is 12.2. The van der Waals surface area contributed by atoms with Crippen molar-refractivity contribution in [1.29, 1.82) is 5.26 Å². The maximum Gasteiger partial charge on any atom is 0.134 e. The summed E-state index contributed by atoms with van der Waals surface area (Å²) in [7, 11) is 0. The first-order chi connectivity index (χ1) is 11.3. The molecule has 3 heteroatoms. The van der Waals surface area contributed by atoms with Gasteiger partial charge >= 0.3 is 0 Å². The zero-order valence-electron chi connectivity index (χ0n) is 12.8. The van der Waals surface area contributed by atoms with Gasteiger partial charge in [0.25, 0.3) is 0 Å². The number of rotatable bonds is 0. The molecule has 3 aromatic rings. The standard InChI is InChI=1S/C20H16N2O/c21-10-13-4-3-5-15-14(13)6-7-16-18(15)22-11-17-19(16)23-12-20(17)8-1-2-9-20/h3-7,11H,1-2,8-9,12H2. The first kappa shape index (κ1) is 12.9. The molecule has 0 amide bonds. The fourth-order valence-corrected chi connectivity index (χ4v) is 4.38. The van der Waals surface area contributed by atoms with E-state index in [-0.39, 0.29) is 5.41 Å². The van der Waals surface area contributed by atoms with Gasteiger partial charge in [0.2, 0.25) is 0 Å². The molecule has 0 atom stereocenters. The lowest BCUT2D eigenvalue weighted by Gasteiger charge is -2.20. The fraction of sp³-hybridized carbons (Fsp3) is 0.300. The van der Waals surface area contributed by atoms with Gasteiger partial charge in [0.15, 0.2) is 0 Å². The van der Waals surface area contributed by atoms with Gasteiger partial charge in [-0.1, -0.05) is 31.0 Å². The van der Waals surface area contributed by atoms with Crippen LogP contribution in [-0.4, -0.2) is 11.6 Å². The summed E-state index contributed by atoms with van der Waals surface area (Å²) in [5, 5.41) is 12.4. The summed E-state index contributed by atoms with van der Waals surface area (Å²) in [5.74, 6) is 1.01. The first-order valence-corrected chi connectivity index (χ1v) is 8.20. The number of hydrogen-bond acceptors (Lipinski definition) is 3. The number of aromatic nitrogens is 1. The Morgan fingerprint density at radius 3 is 2.70 bits per heavy atom. The molecule has 23 heavy (non-hydrogen) atoms. The quantitative estimate of drug-likeness (QED) is 0.576. The minimum Gasteiger partial charge on any atom is -0.492 e. The monoisotopic (exact) mass is 300 g/mol. The molecule has 1 saturated carbocycles. The molecule has 0 radical (unpaired) electrons. The summed E-state index contributed by atoms with van der Waals surface area (Å²) in [5.41, 5.74) is 3.12. The zero-order chi connectivity index (χ0) is 15.4. The summed E-state index contributed by atoms with van der Waals surface area (Å²) in [4.78, 5) is 4.79. The predicted octanol–water partition coefficient (Wildman–Crippen LogP) is 4.46. The average Bonchev–Trinajstić information content (AvgIpc) is 3.22. The van der Waals surface area contributed by atoms with Crippen molar-refractivity contribution in [2.24, 2.45) is 0 Å². The number of fused-ring (bicyclic) bond motifs is 6. The maximum atomic E-state index is 9.31. The smallest absolute Gasteiger partial charge is 0.134 e. The summed E-state index contributed by atoms with van der Waals surface area (Å²) >= 11 is 0. The second-order valence-electron chi connectivity index (χ2n) is 6.75. The Morgan fingerprint density at radius 1 is 1.04 bits per heavy atom. The number of ether oxygens (including phenoxy) is 1. The molecular formula is C20H16N2O. The van der Waals surface area contributed by atoms with Crippen LogP contribution in [-0.2, 0) is 5.41 Å². The van der Waals surface area contributed by atoms with Gasteiger partial charge in [0.1, 0.15) is 5.75 Å². The van der Waals surface area contributed by atoms with Crippen LogP contribution in [0, 0.1) is 11.3 Å². The second-order valence-corrected chi connectivity index (χ2v) is 6.75. The lowest BCUT2D eigenvalue weighted by molar-refractivity contribution is 0.269. The van der Waals surface area contributed by atoms with Crippen LogP contribution in [0.5, 0.6) is 5.75 Å². The van der Waals surface area contributed by atoms with E-state index in [4.69, 9.17) is 9.72 Å². The molecule has 0 unspecified atom stereocenters. The number of pyridine rings is 1. The topological polar surface area (TPSA) is 45.9 Å². The third kappa shape index (κ3) is 1.61. The highest BCUT2D eigenvalue weighted by Crippen LogP contribution is 2.51. The molecule has 2 aliphatic rings. The van der Waals surface area contributed by atoms with Gasteiger partial charge in [0, 0.05) is 33.3 Å². The van der Waals surface area contributed by atoms with Crippen LogP contribution >= 0.6 is 0 Å². The molecule has 3 nitrogen and oxygen atoms in total. The van der Waals surface area contributed by atoms with Crippen molar-refractivity contribution in [1.82, 2.24) is 4.98 Å². The molecule has 112 valence electrons. The molecule has 0 bridgehead atoms. The van der Waals surface area contributed by atoms with Crippen molar-refractivity contribution < 1.29 is 4.74 Å². The van der Waals surface area contributed by atoms with Crippen LogP contribution in [0.1, 0.15) is 36.8 Å². The minimum atomic E-state index is 0.194. The van der Waals surface area contributed by atoms with Crippen molar-refractivity contribution in [2.45, 2.75) is 31.1 Å². The van der Waals surface area contributed by atoms with Gasteiger partial charge in [-0.2, -0.15) is 5.26 Å². The molecule has 1 aliphatic heterocycles. The highest BCUT2D eigenvalue weighted by molar-refractivity contribution is 6.09. The van der Waals surface area contributed by atoms with Crippen LogP contribution in [0.3, 0.4) is 0 Å². The second kappa shape index (κ2) is 4.45. The molecular weight excluding hydrogens is 284 g/mol. The van der Waals surface area contributed by atoms with E-state index in [0.717, 1.165) is 34.0 Å². The maximum absolute atomic E-state index is 9.31. The van der Waals surface area contributed by atoms with E-state index in [1.165, 1.54) is 31.2 Å².